The number of carbonyl (C=O) groups is 1. The Kier molecular flexibility index (Phi) is 10.5. The van der Waals surface area contributed by atoms with Crippen LogP contribution in [0.2, 0.25) is 0 Å². The zero-order chi connectivity index (χ0) is 13.1. The van der Waals surface area contributed by atoms with Gasteiger partial charge < -0.3 is 9.47 Å². The van der Waals surface area contributed by atoms with Gasteiger partial charge in [0.15, 0.2) is 6.29 Å². The molecular formula is C14H28O3. The first-order valence-corrected chi connectivity index (χ1v) is 6.90. The summed E-state index contributed by atoms with van der Waals surface area (Å²) in [6.07, 6.45) is 4.33. The summed E-state index contributed by atoms with van der Waals surface area (Å²) in [5.74, 6) is 0.472. The number of ketones is 1. The molecule has 17 heavy (non-hydrogen) atoms. The molecule has 0 aromatic heterocycles. The minimum absolute atomic E-state index is 0.143. The summed E-state index contributed by atoms with van der Waals surface area (Å²) < 4.78 is 11.0. The second-order valence-electron chi connectivity index (χ2n) is 4.46. The number of carbonyl (C=O) groups excluding carboxylic acids is 1. The highest BCUT2D eigenvalue weighted by Gasteiger charge is 2.20. The minimum atomic E-state index is -0.236. The Hall–Kier alpha value is -0.410. The van der Waals surface area contributed by atoms with E-state index in [1.807, 2.05) is 20.8 Å². The predicted molar refractivity (Wildman–Crippen MR) is 70.0 cm³/mol. The van der Waals surface area contributed by atoms with Crippen molar-refractivity contribution in [2.24, 2.45) is 5.92 Å². The van der Waals surface area contributed by atoms with Crippen molar-refractivity contribution in [3.8, 4) is 0 Å². The SMILES string of the molecule is CCCCCC(=O)CC(C)C(OCC)OCC. The first kappa shape index (κ1) is 16.6. The zero-order valence-corrected chi connectivity index (χ0v) is 11.8. The van der Waals surface area contributed by atoms with Crippen LogP contribution >= 0.6 is 0 Å². The molecule has 3 nitrogen and oxygen atoms in total. The van der Waals surface area contributed by atoms with E-state index in [1.54, 1.807) is 0 Å². The standard InChI is InChI=1S/C14H28O3/c1-5-8-9-10-13(15)11-12(4)14(16-6-2)17-7-3/h12,14H,5-11H2,1-4H3. The van der Waals surface area contributed by atoms with Crippen LogP contribution in [0.25, 0.3) is 0 Å². The Labute approximate surface area is 106 Å². The van der Waals surface area contributed by atoms with E-state index in [9.17, 15) is 4.79 Å². The molecule has 0 aliphatic carbocycles. The van der Waals surface area contributed by atoms with Crippen molar-refractivity contribution in [2.75, 3.05) is 13.2 Å². The highest BCUT2D eigenvalue weighted by molar-refractivity contribution is 5.78. The van der Waals surface area contributed by atoms with Crippen LogP contribution in [0.3, 0.4) is 0 Å². The van der Waals surface area contributed by atoms with Gasteiger partial charge in [0, 0.05) is 32.0 Å². The molecule has 0 aromatic carbocycles. The molecule has 0 fully saturated rings. The van der Waals surface area contributed by atoms with Gasteiger partial charge in [0.05, 0.1) is 0 Å². The van der Waals surface area contributed by atoms with Crippen molar-refractivity contribution in [3.63, 3.8) is 0 Å². The molecule has 1 unspecified atom stereocenters. The molecule has 0 aliphatic heterocycles. The van der Waals surface area contributed by atoms with Crippen LogP contribution in [0.5, 0.6) is 0 Å². The molecule has 102 valence electrons. The topological polar surface area (TPSA) is 35.5 Å². The summed E-state index contributed by atoms with van der Waals surface area (Å²) in [7, 11) is 0. The monoisotopic (exact) mass is 244 g/mol. The van der Waals surface area contributed by atoms with E-state index >= 15 is 0 Å². The molecule has 0 spiro atoms. The number of ether oxygens (including phenoxy) is 2. The Bertz CT molecular complexity index is 186. The fraction of sp³-hybridized carbons (Fsp3) is 0.929. The van der Waals surface area contributed by atoms with E-state index < -0.39 is 0 Å². The van der Waals surface area contributed by atoms with Gasteiger partial charge in [-0.15, -0.1) is 0 Å². The maximum atomic E-state index is 11.7. The summed E-state index contributed by atoms with van der Waals surface area (Å²) in [6, 6.07) is 0. The average Bonchev–Trinajstić information content (AvgIpc) is 2.29. The van der Waals surface area contributed by atoms with Crippen LogP contribution in [0.4, 0.5) is 0 Å². The molecular weight excluding hydrogens is 216 g/mol. The Balaban J connectivity index is 3.92. The summed E-state index contributed by atoms with van der Waals surface area (Å²) in [4.78, 5) is 11.7. The minimum Gasteiger partial charge on any atom is -0.353 e. The van der Waals surface area contributed by atoms with Crippen LogP contribution in [-0.2, 0) is 14.3 Å². The highest BCUT2D eigenvalue weighted by Crippen LogP contribution is 2.16. The first-order chi connectivity index (χ1) is 8.15. The Morgan fingerprint density at radius 2 is 1.65 bits per heavy atom. The summed E-state index contributed by atoms with van der Waals surface area (Å²) in [6.45, 7) is 9.31. The summed E-state index contributed by atoms with van der Waals surface area (Å²) in [5.41, 5.74) is 0. The van der Waals surface area contributed by atoms with Crippen LogP contribution < -0.4 is 0 Å². The highest BCUT2D eigenvalue weighted by atomic mass is 16.7. The number of unbranched alkanes of at least 4 members (excludes halogenated alkanes) is 2. The smallest absolute Gasteiger partial charge is 0.160 e. The van der Waals surface area contributed by atoms with Crippen LogP contribution in [0, 0.1) is 5.92 Å². The van der Waals surface area contributed by atoms with E-state index in [0.29, 0.717) is 31.8 Å². The van der Waals surface area contributed by atoms with Crippen molar-refractivity contribution >= 4 is 5.78 Å². The largest absolute Gasteiger partial charge is 0.353 e. The zero-order valence-electron chi connectivity index (χ0n) is 11.8. The maximum absolute atomic E-state index is 11.7. The average molecular weight is 244 g/mol. The molecule has 1 atom stereocenters. The normalized spacial score (nSPS) is 13.0. The molecule has 0 aliphatic rings. The number of hydrogen-bond donors (Lipinski definition) is 0. The van der Waals surface area contributed by atoms with Gasteiger partial charge in [-0.1, -0.05) is 26.7 Å². The van der Waals surface area contributed by atoms with E-state index in [4.69, 9.17) is 9.47 Å². The predicted octanol–water partition coefficient (Wildman–Crippen LogP) is 3.56. The van der Waals surface area contributed by atoms with Crippen molar-refractivity contribution in [1.29, 1.82) is 0 Å². The molecule has 0 aromatic rings. The van der Waals surface area contributed by atoms with Crippen molar-refractivity contribution in [2.45, 2.75) is 66.1 Å². The van der Waals surface area contributed by atoms with Crippen LogP contribution in [-0.4, -0.2) is 25.3 Å². The molecule has 0 rings (SSSR count). The number of hydrogen-bond acceptors (Lipinski definition) is 3. The lowest BCUT2D eigenvalue weighted by Gasteiger charge is -2.23. The molecule has 0 N–H and O–H groups in total. The lowest BCUT2D eigenvalue weighted by molar-refractivity contribution is -0.167. The number of Topliss-reactive ketones (excluding diaryl/α,β-unsaturated/α-hetero) is 1. The van der Waals surface area contributed by atoms with Crippen molar-refractivity contribution in [1.82, 2.24) is 0 Å². The second kappa shape index (κ2) is 10.7. The van der Waals surface area contributed by atoms with Crippen molar-refractivity contribution in [3.05, 3.63) is 0 Å². The van der Waals surface area contributed by atoms with Gasteiger partial charge in [-0.2, -0.15) is 0 Å². The fourth-order valence-electron chi connectivity index (χ4n) is 1.83. The van der Waals surface area contributed by atoms with E-state index in [0.717, 1.165) is 19.3 Å². The molecule has 0 amide bonds. The lowest BCUT2D eigenvalue weighted by Crippen LogP contribution is -2.27. The Morgan fingerprint density at radius 3 is 2.12 bits per heavy atom. The van der Waals surface area contributed by atoms with Gasteiger partial charge in [0.2, 0.25) is 0 Å². The molecule has 0 bridgehead atoms. The molecule has 3 heteroatoms. The van der Waals surface area contributed by atoms with Gasteiger partial charge in [0.25, 0.3) is 0 Å². The van der Waals surface area contributed by atoms with E-state index in [2.05, 4.69) is 6.92 Å². The van der Waals surface area contributed by atoms with E-state index in [-0.39, 0.29) is 12.2 Å². The van der Waals surface area contributed by atoms with Crippen LogP contribution in [0.15, 0.2) is 0 Å². The van der Waals surface area contributed by atoms with Gasteiger partial charge in [-0.3, -0.25) is 4.79 Å². The summed E-state index contributed by atoms with van der Waals surface area (Å²) in [5, 5.41) is 0. The van der Waals surface area contributed by atoms with E-state index in [1.165, 1.54) is 0 Å². The molecule has 0 saturated carbocycles. The third kappa shape index (κ3) is 8.33. The maximum Gasteiger partial charge on any atom is 0.160 e. The van der Waals surface area contributed by atoms with Gasteiger partial charge in [-0.05, 0) is 20.3 Å². The Morgan fingerprint density at radius 1 is 1.06 bits per heavy atom. The molecule has 0 radical (unpaired) electrons. The lowest BCUT2D eigenvalue weighted by atomic mass is 10.0. The van der Waals surface area contributed by atoms with Gasteiger partial charge in [-0.25, -0.2) is 0 Å². The number of rotatable bonds is 11. The van der Waals surface area contributed by atoms with Crippen LogP contribution in [0.1, 0.15) is 59.8 Å². The van der Waals surface area contributed by atoms with Crippen molar-refractivity contribution < 1.29 is 14.3 Å². The first-order valence-electron chi connectivity index (χ1n) is 6.90. The van der Waals surface area contributed by atoms with Gasteiger partial charge >= 0.3 is 0 Å². The van der Waals surface area contributed by atoms with Gasteiger partial charge in [0.1, 0.15) is 5.78 Å². The quantitative estimate of drug-likeness (QED) is 0.412. The third-order valence-electron chi connectivity index (χ3n) is 2.74. The molecule has 0 heterocycles. The molecule has 0 saturated heterocycles. The third-order valence-corrected chi connectivity index (χ3v) is 2.74. The second-order valence-corrected chi connectivity index (χ2v) is 4.46. The summed E-state index contributed by atoms with van der Waals surface area (Å²) >= 11 is 0. The fourth-order valence-corrected chi connectivity index (χ4v) is 1.83.